The van der Waals surface area contributed by atoms with Crippen LogP contribution in [0.4, 0.5) is 0 Å². The molecule has 2 heterocycles. The molecule has 3 rings (SSSR count). The average Bonchev–Trinajstić information content (AvgIpc) is 3.05. The van der Waals surface area contributed by atoms with Gasteiger partial charge in [0.2, 0.25) is 5.91 Å². The van der Waals surface area contributed by atoms with Gasteiger partial charge < -0.3 is 14.8 Å². The summed E-state index contributed by atoms with van der Waals surface area (Å²) in [5, 5.41) is 2.92. The van der Waals surface area contributed by atoms with Gasteiger partial charge in [0.25, 0.3) is 5.91 Å². The second-order valence-corrected chi connectivity index (χ2v) is 7.83. The van der Waals surface area contributed by atoms with Crippen LogP contribution in [0, 0.1) is 0 Å². The lowest BCUT2D eigenvalue weighted by atomic mass is 10.2. The van der Waals surface area contributed by atoms with Crippen LogP contribution in [0.3, 0.4) is 0 Å². The Morgan fingerprint density at radius 2 is 1.70 bits per heavy atom. The zero-order chi connectivity index (χ0) is 21.7. The van der Waals surface area contributed by atoms with Crippen molar-refractivity contribution in [2.75, 3.05) is 6.54 Å². The number of hydrogen-bond donors (Lipinski definition) is 1. The Balaban J connectivity index is 1.78. The number of rotatable bonds is 8. The molecule has 0 saturated carbocycles. The molecule has 7 nitrogen and oxygen atoms in total. The molecule has 0 radical (unpaired) electrons. The Bertz CT molecular complexity index is 1000. The smallest absolute Gasteiger partial charge is 0.251 e. The molecule has 0 aliphatic rings. The van der Waals surface area contributed by atoms with Gasteiger partial charge in [0.1, 0.15) is 12.4 Å². The first-order valence-corrected chi connectivity index (χ1v) is 10.3. The van der Waals surface area contributed by atoms with Crippen LogP contribution in [-0.2, 0) is 17.8 Å². The van der Waals surface area contributed by atoms with Crippen LogP contribution in [0.2, 0.25) is 0 Å². The summed E-state index contributed by atoms with van der Waals surface area (Å²) in [5.41, 5.74) is 2.34. The largest absolute Gasteiger partial charge is 0.352 e. The van der Waals surface area contributed by atoms with Crippen LogP contribution >= 0.6 is 0 Å². The number of carbonyl (C=O) groups excluding carboxylic acids is 2. The number of aromatic nitrogens is 3. The zero-order valence-electron chi connectivity index (χ0n) is 18.0. The first-order valence-electron chi connectivity index (χ1n) is 10.3. The van der Waals surface area contributed by atoms with Gasteiger partial charge >= 0.3 is 0 Å². The minimum Gasteiger partial charge on any atom is -0.352 e. The number of hydrogen-bond acceptors (Lipinski definition) is 4. The number of fused-ring (bicyclic) bond motifs is 1. The highest BCUT2D eigenvalue weighted by Crippen LogP contribution is 2.18. The van der Waals surface area contributed by atoms with Crippen molar-refractivity contribution in [2.45, 2.75) is 52.7 Å². The molecular formula is C23H29N5O2. The Labute approximate surface area is 177 Å². The van der Waals surface area contributed by atoms with E-state index in [1.54, 1.807) is 24.5 Å². The monoisotopic (exact) mass is 407 g/mol. The van der Waals surface area contributed by atoms with Gasteiger partial charge in [0.05, 0.1) is 11.0 Å². The Kier molecular flexibility index (Phi) is 6.82. The maximum absolute atomic E-state index is 13.1. The van der Waals surface area contributed by atoms with E-state index in [4.69, 9.17) is 4.98 Å². The van der Waals surface area contributed by atoms with Crippen LogP contribution in [0.5, 0.6) is 0 Å². The molecule has 1 N–H and O–H groups in total. The number of nitrogens with one attached hydrogen (secondary N) is 1. The summed E-state index contributed by atoms with van der Waals surface area (Å²) in [6, 6.07) is 11.4. The van der Waals surface area contributed by atoms with Crippen LogP contribution in [0.25, 0.3) is 11.0 Å². The molecule has 0 aliphatic carbocycles. The van der Waals surface area contributed by atoms with Crippen LogP contribution in [0.15, 0.2) is 48.8 Å². The zero-order valence-corrected chi connectivity index (χ0v) is 18.0. The van der Waals surface area contributed by atoms with Crippen molar-refractivity contribution < 1.29 is 9.59 Å². The number of nitrogens with zero attached hydrogens (tertiary/aromatic N) is 4. The van der Waals surface area contributed by atoms with Crippen molar-refractivity contribution in [2.24, 2.45) is 0 Å². The van der Waals surface area contributed by atoms with E-state index < -0.39 is 0 Å². The third kappa shape index (κ3) is 4.84. The number of amides is 2. The van der Waals surface area contributed by atoms with E-state index in [9.17, 15) is 9.59 Å². The number of carbonyl (C=O) groups is 2. The minimum atomic E-state index is -0.151. The maximum atomic E-state index is 13.1. The molecule has 158 valence electrons. The second-order valence-electron chi connectivity index (χ2n) is 7.83. The molecule has 2 aromatic heterocycles. The highest BCUT2D eigenvalue weighted by atomic mass is 16.2. The fourth-order valence-electron chi connectivity index (χ4n) is 3.78. The van der Waals surface area contributed by atoms with E-state index in [1.807, 2.05) is 61.4 Å². The average molecular weight is 408 g/mol. The summed E-state index contributed by atoms with van der Waals surface area (Å²) in [4.78, 5) is 35.9. The number of benzene rings is 1. The molecule has 0 bridgehead atoms. The van der Waals surface area contributed by atoms with Gasteiger partial charge in [0, 0.05) is 43.0 Å². The van der Waals surface area contributed by atoms with Gasteiger partial charge in [0.15, 0.2) is 0 Å². The summed E-state index contributed by atoms with van der Waals surface area (Å²) in [5.74, 6) is 0.694. The lowest BCUT2D eigenvalue weighted by molar-refractivity contribution is -0.135. The molecule has 0 fully saturated rings. The van der Waals surface area contributed by atoms with Crippen molar-refractivity contribution in [1.29, 1.82) is 0 Å². The first-order chi connectivity index (χ1) is 14.4. The molecule has 2 amide bonds. The van der Waals surface area contributed by atoms with E-state index in [0.29, 0.717) is 18.5 Å². The Morgan fingerprint density at radius 3 is 2.37 bits per heavy atom. The fraction of sp³-hybridized carbons (Fsp3) is 0.391. The highest BCUT2D eigenvalue weighted by Gasteiger charge is 2.22. The van der Waals surface area contributed by atoms with E-state index in [0.717, 1.165) is 16.9 Å². The second kappa shape index (κ2) is 9.52. The third-order valence-electron chi connectivity index (χ3n) is 5.00. The van der Waals surface area contributed by atoms with E-state index >= 15 is 0 Å². The lowest BCUT2D eigenvalue weighted by Crippen LogP contribution is -2.43. The van der Waals surface area contributed by atoms with Gasteiger partial charge in [-0.1, -0.05) is 12.1 Å². The van der Waals surface area contributed by atoms with Crippen molar-refractivity contribution in [3.63, 3.8) is 0 Å². The predicted octanol–water partition coefficient (Wildman–Crippen LogP) is 3.05. The van der Waals surface area contributed by atoms with Gasteiger partial charge in [-0.2, -0.15) is 0 Å². The van der Waals surface area contributed by atoms with Gasteiger partial charge in [-0.25, -0.2) is 4.98 Å². The standard InChI is InChI=1S/C23H29N5O2/c1-16(2)28(17(3)4)22(29)15-27-20-8-6-5-7-19(20)26-21(27)11-14-25-23(30)18-9-12-24-13-10-18/h5-10,12-13,16-17H,11,14-15H2,1-4H3,(H,25,30). The Hall–Kier alpha value is -3.22. The minimum absolute atomic E-state index is 0.0604. The summed E-state index contributed by atoms with van der Waals surface area (Å²) in [7, 11) is 0. The topological polar surface area (TPSA) is 80.1 Å². The number of imidazole rings is 1. The van der Waals surface area contributed by atoms with Crippen LogP contribution < -0.4 is 5.32 Å². The molecular weight excluding hydrogens is 378 g/mol. The molecule has 0 unspecified atom stereocenters. The van der Waals surface area contributed by atoms with Crippen LogP contribution in [0.1, 0.15) is 43.9 Å². The van der Waals surface area contributed by atoms with Crippen molar-refractivity contribution >= 4 is 22.8 Å². The highest BCUT2D eigenvalue weighted by molar-refractivity contribution is 5.93. The molecule has 3 aromatic rings. The SMILES string of the molecule is CC(C)N(C(=O)Cn1c(CCNC(=O)c2ccncc2)nc2ccccc21)C(C)C. The van der Waals surface area contributed by atoms with Crippen LogP contribution in [-0.4, -0.2) is 49.9 Å². The van der Waals surface area contributed by atoms with Crippen molar-refractivity contribution in [3.05, 3.63) is 60.2 Å². The molecule has 0 spiro atoms. The third-order valence-corrected chi connectivity index (χ3v) is 5.00. The summed E-state index contributed by atoms with van der Waals surface area (Å²) < 4.78 is 1.97. The lowest BCUT2D eigenvalue weighted by Gasteiger charge is -2.31. The molecule has 30 heavy (non-hydrogen) atoms. The molecule has 1 aromatic carbocycles. The molecule has 0 atom stereocenters. The summed E-state index contributed by atoms with van der Waals surface area (Å²) in [6.45, 7) is 8.76. The first kappa shape index (κ1) is 21.5. The van der Waals surface area contributed by atoms with Gasteiger partial charge in [-0.15, -0.1) is 0 Å². The molecule has 7 heteroatoms. The van der Waals surface area contributed by atoms with E-state index in [-0.39, 0.29) is 30.4 Å². The number of para-hydroxylation sites is 2. The van der Waals surface area contributed by atoms with Gasteiger partial charge in [-0.3, -0.25) is 14.6 Å². The normalized spacial score (nSPS) is 11.3. The number of pyridine rings is 1. The fourth-order valence-corrected chi connectivity index (χ4v) is 3.78. The quantitative estimate of drug-likeness (QED) is 0.622. The van der Waals surface area contributed by atoms with E-state index in [1.165, 1.54) is 0 Å². The summed E-state index contributed by atoms with van der Waals surface area (Å²) in [6.07, 6.45) is 3.71. The molecule has 0 saturated heterocycles. The van der Waals surface area contributed by atoms with Crippen molar-refractivity contribution in [1.82, 2.24) is 24.8 Å². The Morgan fingerprint density at radius 1 is 1.03 bits per heavy atom. The van der Waals surface area contributed by atoms with E-state index in [2.05, 4.69) is 10.3 Å². The van der Waals surface area contributed by atoms with Crippen molar-refractivity contribution in [3.8, 4) is 0 Å². The van der Waals surface area contributed by atoms with Gasteiger partial charge in [-0.05, 0) is 52.0 Å². The predicted molar refractivity (Wildman–Crippen MR) is 117 cm³/mol. The maximum Gasteiger partial charge on any atom is 0.251 e. The molecule has 0 aliphatic heterocycles. The summed E-state index contributed by atoms with van der Waals surface area (Å²) >= 11 is 0.